The minimum atomic E-state index is -4.59. The highest BCUT2D eigenvalue weighted by atomic mass is 32.2. The van der Waals surface area contributed by atoms with Crippen molar-refractivity contribution in [2.24, 2.45) is 0 Å². The van der Waals surface area contributed by atoms with E-state index in [2.05, 4.69) is 24.8 Å². The number of fused-ring (bicyclic) bond motifs is 3. The van der Waals surface area contributed by atoms with E-state index in [1.54, 1.807) is 0 Å². The van der Waals surface area contributed by atoms with Crippen molar-refractivity contribution in [3.8, 4) is 11.4 Å². The second-order valence-electron chi connectivity index (χ2n) is 7.55. The summed E-state index contributed by atoms with van der Waals surface area (Å²) >= 11 is 1.90. The number of thioether (sulfide) groups is 1. The smallest absolute Gasteiger partial charge is 0.384 e. The second-order valence-corrected chi connectivity index (χ2v) is 8.70. The predicted molar refractivity (Wildman–Crippen MR) is 110 cm³/mol. The van der Waals surface area contributed by atoms with Gasteiger partial charge in [0.15, 0.2) is 5.82 Å². The first-order valence-electron chi connectivity index (χ1n) is 9.83. The average Bonchev–Trinajstić information content (AvgIpc) is 3.12. The van der Waals surface area contributed by atoms with Crippen LogP contribution in [-0.4, -0.2) is 65.3 Å². The number of pyridine rings is 1. The van der Waals surface area contributed by atoms with Crippen molar-refractivity contribution in [1.82, 2.24) is 15.0 Å². The van der Waals surface area contributed by atoms with Gasteiger partial charge in [0, 0.05) is 55.4 Å². The molecule has 7 nitrogen and oxygen atoms in total. The zero-order chi connectivity index (χ0) is 20.9. The molecule has 1 unspecified atom stereocenters. The van der Waals surface area contributed by atoms with Gasteiger partial charge in [0.25, 0.3) is 0 Å². The van der Waals surface area contributed by atoms with Gasteiger partial charge in [0.1, 0.15) is 17.5 Å². The average molecular weight is 438 g/mol. The Kier molecular flexibility index (Phi) is 4.89. The van der Waals surface area contributed by atoms with Gasteiger partial charge in [-0.1, -0.05) is 0 Å². The van der Waals surface area contributed by atoms with Crippen LogP contribution in [0.1, 0.15) is 11.1 Å². The Hall–Kier alpha value is -2.27. The number of hydrogen-bond acceptors (Lipinski definition) is 8. The molecule has 0 aromatic carbocycles. The number of anilines is 3. The number of nitrogen functional groups attached to an aromatic ring is 1. The summed E-state index contributed by atoms with van der Waals surface area (Å²) in [7, 11) is 0. The zero-order valence-corrected chi connectivity index (χ0v) is 17.0. The molecule has 2 aromatic rings. The van der Waals surface area contributed by atoms with Crippen LogP contribution in [0, 0.1) is 0 Å². The maximum absolute atomic E-state index is 13.7. The lowest BCUT2D eigenvalue weighted by molar-refractivity contribution is -0.137. The molecule has 0 saturated carbocycles. The standard InChI is InChI=1S/C19H21F3N6OS/c20-19(21,22)14-8-15(23)24-9-13(14)16-25-17(27-1-4-29-5-2-27)12-7-11-10-30-6-3-28(11)18(12)26-16/h8-9,11H,1-7,10H2,(H2,23,24). The molecule has 2 saturated heterocycles. The first-order valence-corrected chi connectivity index (χ1v) is 11.0. The number of hydrogen-bond donors (Lipinski definition) is 1. The lowest BCUT2D eigenvalue weighted by atomic mass is 10.1. The van der Waals surface area contributed by atoms with E-state index in [1.165, 1.54) is 0 Å². The van der Waals surface area contributed by atoms with Crippen molar-refractivity contribution in [2.75, 3.05) is 59.9 Å². The van der Waals surface area contributed by atoms with E-state index < -0.39 is 11.7 Å². The molecule has 3 aliphatic rings. The van der Waals surface area contributed by atoms with E-state index in [0.29, 0.717) is 38.2 Å². The number of morpholine rings is 1. The fraction of sp³-hybridized carbons (Fsp3) is 0.526. The third kappa shape index (κ3) is 3.43. The maximum Gasteiger partial charge on any atom is 0.417 e. The minimum absolute atomic E-state index is 0.0361. The normalized spacial score (nSPS) is 21.5. The Morgan fingerprint density at radius 1 is 1.13 bits per heavy atom. The summed E-state index contributed by atoms with van der Waals surface area (Å²) < 4.78 is 46.7. The summed E-state index contributed by atoms with van der Waals surface area (Å²) in [6.45, 7) is 3.25. The lowest BCUT2D eigenvalue weighted by Gasteiger charge is -2.31. The highest BCUT2D eigenvalue weighted by Crippen LogP contribution is 2.42. The first kappa shape index (κ1) is 19.7. The van der Waals surface area contributed by atoms with Crippen LogP contribution in [0.2, 0.25) is 0 Å². The summed E-state index contributed by atoms with van der Waals surface area (Å²) in [6, 6.07) is 1.15. The Morgan fingerprint density at radius 2 is 1.90 bits per heavy atom. The van der Waals surface area contributed by atoms with Gasteiger partial charge in [0.2, 0.25) is 0 Å². The lowest BCUT2D eigenvalue weighted by Crippen LogP contribution is -2.39. The van der Waals surface area contributed by atoms with Gasteiger partial charge in [-0.05, 0) is 6.07 Å². The van der Waals surface area contributed by atoms with Crippen LogP contribution in [0.4, 0.5) is 30.6 Å². The van der Waals surface area contributed by atoms with E-state index in [0.717, 1.165) is 48.1 Å². The van der Waals surface area contributed by atoms with E-state index in [-0.39, 0.29) is 17.2 Å². The summed E-state index contributed by atoms with van der Waals surface area (Å²) in [6.07, 6.45) is -2.65. The molecule has 0 aliphatic carbocycles. The Morgan fingerprint density at radius 3 is 2.67 bits per heavy atom. The molecule has 1 atom stereocenters. The molecule has 5 rings (SSSR count). The number of halogens is 3. The van der Waals surface area contributed by atoms with Crippen LogP contribution >= 0.6 is 11.8 Å². The Balaban J connectivity index is 1.68. The number of nitrogens with zero attached hydrogens (tertiary/aromatic N) is 5. The summed E-state index contributed by atoms with van der Waals surface area (Å²) in [5.41, 5.74) is 5.54. The SMILES string of the molecule is Nc1cc(C(F)(F)F)c(-c2nc(N3CCOCC3)c3c(n2)N2CCSCC2C3)cn1. The molecular formula is C19H21F3N6OS. The summed E-state index contributed by atoms with van der Waals surface area (Å²) in [4.78, 5) is 17.5. The third-order valence-electron chi connectivity index (χ3n) is 5.68. The second kappa shape index (κ2) is 7.45. The summed E-state index contributed by atoms with van der Waals surface area (Å²) in [5, 5.41) is 0. The molecule has 0 spiro atoms. The molecule has 2 fully saturated rings. The van der Waals surface area contributed by atoms with E-state index in [4.69, 9.17) is 10.5 Å². The van der Waals surface area contributed by atoms with Crippen LogP contribution in [0.5, 0.6) is 0 Å². The molecule has 5 heterocycles. The van der Waals surface area contributed by atoms with Crippen LogP contribution in [0.15, 0.2) is 12.3 Å². The predicted octanol–water partition coefficient (Wildman–Crippen LogP) is 2.45. The minimum Gasteiger partial charge on any atom is -0.384 e. The van der Waals surface area contributed by atoms with Crippen LogP contribution in [0.3, 0.4) is 0 Å². The molecule has 30 heavy (non-hydrogen) atoms. The third-order valence-corrected chi connectivity index (χ3v) is 6.78. The highest BCUT2D eigenvalue weighted by molar-refractivity contribution is 7.99. The molecule has 2 N–H and O–H groups in total. The van der Waals surface area contributed by atoms with Gasteiger partial charge in [-0.3, -0.25) is 0 Å². The highest BCUT2D eigenvalue weighted by Gasteiger charge is 2.39. The largest absolute Gasteiger partial charge is 0.417 e. The van der Waals surface area contributed by atoms with Crippen molar-refractivity contribution in [1.29, 1.82) is 0 Å². The Bertz CT molecular complexity index is 966. The Labute approximate surface area is 175 Å². The number of alkyl halides is 3. The van der Waals surface area contributed by atoms with Gasteiger partial charge in [-0.2, -0.15) is 24.9 Å². The molecule has 0 bridgehead atoms. The van der Waals surface area contributed by atoms with Gasteiger partial charge >= 0.3 is 6.18 Å². The van der Waals surface area contributed by atoms with Gasteiger partial charge in [0.05, 0.1) is 24.3 Å². The quantitative estimate of drug-likeness (QED) is 0.766. The van der Waals surface area contributed by atoms with Crippen molar-refractivity contribution < 1.29 is 17.9 Å². The first-order chi connectivity index (χ1) is 14.4. The van der Waals surface area contributed by atoms with E-state index >= 15 is 0 Å². The van der Waals surface area contributed by atoms with Crippen molar-refractivity contribution >= 4 is 29.2 Å². The molecule has 11 heteroatoms. The number of nitrogens with two attached hydrogens (primary N) is 1. The van der Waals surface area contributed by atoms with Crippen molar-refractivity contribution in [3.63, 3.8) is 0 Å². The van der Waals surface area contributed by atoms with Gasteiger partial charge in [-0.25, -0.2) is 15.0 Å². The molecule has 160 valence electrons. The van der Waals surface area contributed by atoms with Crippen LogP contribution in [0.25, 0.3) is 11.4 Å². The van der Waals surface area contributed by atoms with Gasteiger partial charge < -0.3 is 20.3 Å². The van der Waals surface area contributed by atoms with E-state index in [1.807, 2.05) is 11.8 Å². The maximum atomic E-state index is 13.7. The topological polar surface area (TPSA) is 80.4 Å². The van der Waals surface area contributed by atoms with Gasteiger partial charge in [-0.15, -0.1) is 0 Å². The molecular weight excluding hydrogens is 417 g/mol. The van der Waals surface area contributed by atoms with Crippen LogP contribution < -0.4 is 15.5 Å². The van der Waals surface area contributed by atoms with Crippen molar-refractivity contribution in [2.45, 2.75) is 18.6 Å². The number of ether oxygens (including phenoxy) is 1. The summed E-state index contributed by atoms with van der Waals surface area (Å²) in [5.74, 6) is 3.26. The monoisotopic (exact) mass is 438 g/mol. The fourth-order valence-corrected chi connectivity index (χ4v) is 5.32. The molecule has 3 aliphatic heterocycles. The number of aromatic nitrogens is 3. The van der Waals surface area contributed by atoms with Crippen LogP contribution in [-0.2, 0) is 17.3 Å². The van der Waals surface area contributed by atoms with Crippen molar-refractivity contribution in [3.05, 3.63) is 23.4 Å². The molecule has 2 aromatic heterocycles. The molecule has 0 radical (unpaired) electrons. The zero-order valence-electron chi connectivity index (χ0n) is 16.2. The van der Waals surface area contributed by atoms with E-state index in [9.17, 15) is 13.2 Å². The molecule has 0 amide bonds. The number of rotatable bonds is 2. The fourth-order valence-electron chi connectivity index (χ4n) is 4.26.